The van der Waals surface area contributed by atoms with Crippen molar-refractivity contribution < 1.29 is 5.11 Å². The maximum Gasteiger partial charge on any atom is 0.0448 e. The number of aliphatic hydroxyl groups excluding tert-OH is 1. The Labute approximate surface area is 80.2 Å². The molecular formula is C9H21N3O. The Morgan fingerprint density at radius 3 is 2.69 bits per heavy atom. The first kappa shape index (κ1) is 12.3. The Morgan fingerprint density at radius 1 is 1.46 bits per heavy atom. The number of allylic oxidation sites excluding steroid dienone is 1. The minimum absolute atomic E-state index is 0.163. The average Bonchev–Trinajstić information content (AvgIpc) is 2.11. The van der Waals surface area contributed by atoms with Crippen molar-refractivity contribution in [2.75, 3.05) is 13.2 Å². The molecule has 0 unspecified atom stereocenters. The summed E-state index contributed by atoms with van der Waals surface area (Å²) < 4.78 is 0. The minimum Gasteiger partial charge on any atom is -0.401 e. The molecule has 0 aromatic carbocycles. The number of hydrogen-bond acceptors (Lipinski definition) is 4. The number of rotatable bonds is 7. The molecule has 13 heavy (non-hydrogen) atoms. The van der Waals surface area contributed by atoms with Crippen LogP contribution in [0.2, 0.25) is 0 Å². The second-order valence-electron chi connectivity index (χ2n) is 3.12. The van der Waals surface area contributed by atoms with Gasteiger partial charge in [-0.25, -0.2) is 5.84 Å². The summed E-state index contributed by atoms with van der Waals surface area (Å²) in [6.07, 6.45) is 5.54. The van der Waals surface area contributed by atoms with E-state index < -0.39 is 0 Å². The van der Waals surface area contributed by atoms with E-state index >= 15 is 0 Å². The van der Waals surface area contributed by atoms with E-state index in [1.807, 2.05) is 0 Å². The molecule has 0 rings (SSSR count). The average molecular weight is 187 g/mol. The molecule has 0 radical (unpaired) electrons. The van der Waals surface area contributed by atoms with Crippen LogP contribution in [0.3, 0.4) is 0 Å². The summed E-state index contributed by atoms with van der Waals surface area (Å²) in [5, 5.41) is 10.1. The zero-order valence-corrected chi connectivity index (χ0v) is 8.37. The fraction of sp³-hybridized carbons (Fsp3) is 0.778. The Bertz CT molecular complexity index is 148. The molecule has 5 N–H and O–H groups in total. The molecule has 78 valence electrons. The van der Waals surface area contributed by atoms with E-state index in [4.69, 9.17) is 16.7 Å². The van der Waals surface area contributed by atoms with E-state index in [0.29, 0.717) is 13.0 Å². The zero-order valence-electron chi connectivity index (χ0n) is 8.37. The van der Waals surface area contributed by atoms with Crippen LogP contribution in [0.25, 0.3) is 0 Å². The van der Waals surface area contributed by atoms with E-state index in [9.17, 15) is 0 Å². The van der Waals surface area contributed by atoms with Crippen molar-refractivity contribution in [1.29, 1.82) is 0 Å². The third-order valence-corrected chi connectivity index (χ3v) is 1.73. The highest BCUT2D eigenvalue weighted by Crippen LogP contribution is 2.01. The molecule has 0 bridgehead atoms. The standard InChI is InChI=1S/C9H21N3O/c1-2-3-5-9(10)8-12(11)6-4-7-13/h8,13H,2-7,10-11H2,1H3/b9-8-. The first-order valence-corrected chi connectivity index (χ1v) is 4.79. The Morgan fingerprint density at radius 2 is 2.15 bits per heavy atom. The Kier molecular flexibility index (Phi) is 7.44. The normalized spacial score (nSPS) is 11.8. The molecule has 0 aromatic rings. The number of unbranched alkanes of at least 4 members (excludes halogenated alkanes) is 1. The summed E-state index contributed by atoms with van der Waals surface area (Å²) in [7, 11) is 0. The van der Waals surface area contributed by atoms with Crippen LogP contribution in [-0.4, -0.2) is 23.3 Å². The predicted octanol–water partition coefficient (Wildman–Crippen LogP) is 0.535. The fourth-order valence-electron chi connectivity index (χ4n) is 0.976. The summed E-state index contributed by atoms with van der Waals surface area (Å²) >= 11 is 0. The topological polar surface area (TPSA) is 75.5 Å². The monoisotopic (exact) mass is 187 g/mol. The van der Waals surface area contributed by atoms with E-state index in [1.54, 1.807) is 6.20 Å². The van der Waals surface area contributed by atoms with Crippen LogP contribution >= 0.6 is 0 Å². The van der Waals surface area contributed by atoms with Gasteiger partial charge in [0, 0.05) is 25.0 Å². The summed E-state index contributed by atoms with van der Waals surface area (Å²) in [5.74, 6) is 5.60. The quantitative estimate of drug-likeness (QED) is 0.401. The lowest BCUT2D eigenvalue weighted by Gasteiger charge is -2.13. The third kappa shape index (κ3) is 7.62. The van der Waals surface area contributed by atoms with Gasteiger partial charge < -0.3 is 15.8 Å². The summed E-state index contributed by atoms with van der Waals surface area (Å²) in [5.41, 5.74) is 6.52. The van der Waals surface area contributed by atoms with Gasteiger partial charge in [0.25, 0.3) is 0 Å². The molecule has 4 nitrogen and oxygen atoms in total. The second kappa shape index (κ2) is 7.89. The van der Waals surface area contributed by atoms with Gasteiger partial charge in [0.05, 0.1) is 0 Å². The summed E-state index contributed by atoms with van der Waals surface area (Å²) in [4.78, 5) is 0. The smallest absolute Gasteiger partial charge is 0.0448 e. The maximum atomic E-state index is 8.56. The Balaban J connectivity index is 3.63. The van der Waals surface area contributed by atoms with Gasteiger partial charge in [-0.2, -0.15) is 0 Å². The lowest BCUT2D eigenvalue weighted by molar-refractivity contribution is 0.260. The van der Waals surface area contributed by atoms with Gasteiger partial charge in [0.2, 0.25) is 0 Å². The lowest BCUT2D eigenvalue weighted by Crippen LogP contribution is -2.28. The highest BCUT2D eigenvalue weighted by Gasteiger charge is 1.94. The number of hydrogen-bond donors (Lipinski definition) is 3. The van der Waals surface area contributed by atoms with Crippen LogP contribution in [0.4, 0.5) is 0 Å². The predicted molar refractivity (Wildman–Crippen MR) is 54.4 cm³/mol. The number of nitrogens with zero attached hydrogens (tertiary/aromatic N) is 1. The van der Waals surface area contributed by atoms with Crippen LogP contribution in [-0.2, 0) is 0 Å². The van der Waals surface area contributed by atoms with E-state index in [-0.39, 0.29) is 6.61 Å². The van der Waals surface area contributed by atoms with Gasteiger partial charge in [-0.05, 0) is 19.3 Å². The van der Waals surface area contributed by atoms with Crippen LogP contribution in [0, 0.1) is 0 Å². The van der Waals surface area contributed by atoms with Crippen LogP contribution in [0.15, 0.2) is 11.9 Å². The van der Waals surface area contributed by atoms with Crippen molar-refractivity contribution in [3.8, 4) is 0 Å². The SMILES string of the molecule is CCCC/C(N)=C/N(N)CCCO. The van der Waals surface area contributed by atoms with Gasteiger partial charge in [0.15, 0.2) is 0 Å². The summed E-state index contributed by atoms with van der Waals surface area (Å²) in [6.45, 7) is 2.93. The highest BCUT2D eigenvalue weighted by molar-refractivity contribution is 4.94. The molecule has 0 aliphatic heterocycles. The van der Waals surface area contributed by atoms with E-state index in [1.165, 1.54) is 5.01 Å². The van der Waals surface area contributed by atoms with Crippen LogP contribution in [0.1, 0.15) is 32.6 Å². The molecule has 4 heteroatoms. The van der Waals surface area contributed by atoms with Crippen molar-refractivity contribution >= 4 is 0 Å². The number of aliphatic hydroxyl groups is 1. The second-order valence-corrected chi connectivity index (χ2v) is 3.12. The lowest BCUT2D eigenvalue weighted by atomic mass is 10.2. The number of nitrogens with two attached hydrogens (primary N) is 2. The Hall–Kier alpha value is -0.740. The van der Waals surface area contributed by atoms with Crippen molar-refractivity contribution in [2.45, 2.75) is 32.6 Å². The molecular weight excluding hydrogens is 166 g/mol. The van der Waals surface area contributed by atoms with Gasteiger partial charge in [0.1, 0.15) is 0 Å². The molecule has 0 atom stereocenters. The van der Waals surface area contributed by atoms with Gasteiger partial charge in [-0.15, -0.1) is 0 Å². The largest absolute Gasteiger partial charge is 0.401 e. The molecule has 0 aliphatic rings. The molecule has 0 aliphatic carbocycles. The number of hydrazine groups is 1. The van der Waals surface area contributed by atoms with Crippen LogP contribution < -0.4 is 11.6 Å². The molecule has 0 saturated heterocycles. The first-order valence-electron chi connectivity index (χ1n) is 4.79. The molecule has 0 saturated carbocycles. The van der Waals surface area contributed by atoms with E-state index in [0.717, 1.165) is 25.0 Å². The zero-order chi connectivity index (χ0) is 10.1. The van der Waals surface area contributed by atoms with Gasteiger partial charge >= 0.3 is 0 Å². The minimum atomic E-state index is 0.163. The van der Waals surface area contributed by atoms with Crippen LogP contribution in [0.5, 0.6) is 0 Å². The third-order valence-electron chi connectivity index (χ3n) is 1.73. The van der Waals surface area contributed by atoms with Crippen molar-refractivity contribution in [3.63, 3.8) is 0 Å². The highest BCUT2D eigenvalue weighted by atomic mass is 16.3. The maximum absolute atomic E-state index is 8.56. The summed E-state index contributed by atoms with van der Waals surface area (Å²) in [6, 6.07) is 0. The first-order chi connectivity index (χ1) is 6.20. The van der Waals surface area contributed by atoms with Crippen molar-refractivity contribution in [3.05, 3.63) is 11.9 Å². The van der Waals surface area contributed by atoms with Gasteiger partial charge in [-0.3, -0.25) is 0 Å². The van der Waals surface area contributed by atoms with E-state index in [2.05, 4.69) is 6.92 Å². The molecule has 0 fully saturated rings. The van der Waals surface area contributed by atoms with Crippen molar-refractivity contribution in [1.82, 2.24) is 5.01 Å². The molecule has 0 aromatic heterocycles. The fourth-order valence-corrected chi connectivity index (χ4v) is 0.976. The molecule has 0 amide bonds. The molecule has 0 spiro atoms. The van der Waals surface area contributed by atoms with Gasteiger partial charge in [-0.1, -0.05) is 13.3 Å². The molecule has 0 heterocycles. The van der Waals surface area contributed by atoms with Crippen molar-refractivity contribution in [2.24, 2.45) is 11.6 Å².